The molecule has 1 saturated carbocycles. The minimum absolute atomic E-state index is 0.202. The van der Waals surface area contributed by atoms with E-state index in [2.05, 4.69) is 39.4 Å². The van der Waals surface area contributed by atoms with Crippen molar-refractivity contribution in [3.05, 3.63) is 29.8 Å². The molecule has 0 aromatic heterocycles. The molecular weight excluding hydrogens is 362 g/mol. The maximum atomic E-state index is 12.0. The first-order valence-electron chi connectivity index (χ1n) is 11.5. The number of likely N-dealkylation sites (N-methyl/N-ethyl adjacent to an activating group) is 1. The quantitative estimate of drug-likeness (QED) is 0.650. The largest absolute Gasteiger partial charge is 0.490 e. The first-order chi connectivity index (χ1) is 14.1. The molecule has 162 valence electrons. The van der Waals surface area contributed by atoms with Gasteiger partial charge in [-0.3, -0.25) is 9.69 Å². The maximum Gasteiger partial charge on any atom is 0.220 e. The van der Waals surface area contributed by atoms with Gasteiger partial charge in [0.25, 0.3) is 0 Å². The molecule has 0 bridgehead atoms. The summed E-state index contributed by atoms with van der Waals surface area (Å²) < 4.78 is 6.16. The van der Waals surface area contributed by atoms with Crippen molar-refractivity contribution < 1.29 is 9.53 Å². The van der Waals surface area contributed by atoms with Crippen molar-refractivity contribution in [2.45, 2.75) is 64.0 Å². The minimum atomic E-state index is 0.202. The Bertz CT molecular complexity index is 620. The molecule has 3 rings (SSSR count). The number of benzene rings is 1. The third-order valence-electron chi connectivity index (χ3n) is 6.28. The van der Waals surface area contributed by atoms with Crippen LogP contribution in [0.15, 0.2) is 24.3 Å². The number of hydrogen-bond acceptors (Lipinski definition) is 4. The predicted octanol–water partition coefficient (Wildman–Crippen LogP) is 3.68. The van der Waals surface area contributed by atoms with Gasteiger partial charge in [-0.25, -0.2) is 0 Å². The van der Waals surface area contributed by atoms with Crippen molar-refractivity contribution in [3.63, 3.8) is 0 Å². The van der Waals surface area contributed by atoms with Gasteiger partial charge in [0.05, 0.1) is 6.10 Å². The fourth-order valence-electron chi connectivity index (χ4n) is 4.45. The van der Waals surface area contributed by atoms with Crippen LogP contribution in [0.5, 0.6) is 5.75 Å². The number of ether oxygens (including phenoxy) is 1. The highest BCUT2D eigenvalue weighted by atomic mass is 16.5. The molecule has 1 aromatic rings. The van der Waals surface area contributed by atoms with Gasteiger partial charge in [0.15, 0.2) is 0 Å². The van der Waals surface area contributed by atoms with E-state index in [1.54, 1.807) is 0 Å². The van der Waals surface area contributed by atoms with E-state index in [9.17, 15) is 4.79 Å². The van der Waals surface area contributed by atoms with E-state index in [1.165, 1.54) is 44.1 Å². The maximum absolute atomic E-state index is 12.0. The molecule has 0 unspecified atom stereocenters. The summed E-state index contributed by atoms with van der Waals surface area (Å²) in [6, 6.07) is 8.66. The van der Waals surface area contributed by atoms with E-state index in [4.69, 9.17) is 4.74 Å². The van der Waals surface area contributed by atoms with Gasteiger partial charge in [0, 0.05) is 26.1 Å². The zero-order valence-corrected chi connectivity index (χ0v) is 18.4. The molecule has 1 amide bonds. The Morgan fingerprint density at radius 3 is 2.66 bits per heavy atom. The number of piperidine rings is 1. The molecule has 2 fully saturated rings. The van der Waals surface area contributed by atoms with Crippen LogP contribution >= 0.6 is 0 Å². The SMILES string of the molecule is CN(C)CCNC(=O)CCC1CCN(Cc2cccc(OC3CCCC3)c2)CC1. The van der Waals surface area contributed by atoms with Gasteiger partial charge in [-0.1, -0.05) is 12.1 Å². The molecule has 1 heterocycles. The number of rotatable bonds is 10. The highest BCUT2D eigenvalue weighted by molar-refractivity contribution is 5.75. The second-order valence-electron chi connectivity index (χ2n) is 9.08. The summed E-state index contributed by atoms with van der Waals surface area (Å²) in [6.45, 7) is 4.89. The molecule has 2 aliphatic rings. The van der Waals surface area contributed by atoms with Crippen LogP contribution < -0.4 is 10.1 Å². The lowest BCUT2D eigenvalue weighted by Crippen LogP contribution is -2.34. The average Bonchev–Trinajstić information content (AvgIpc) is 3.20. The van der Waals surface area contributed by atoms with Crippen LogP contribution in [-0.2, 0) is 11.3 Å². The Morgan fingerprint density at radius 2 is 1.93 bits per heavy atom. The number of nitrogens with one attached hydrogen (secondary N) is 1. The summed E-state index contributed by atoms with van der Waals surface area (Å²) in [6.07, 6.45) is 9.50. The van der Waals surface area contributed by atoms with Gasteiger partial charge in [0.2, 0.25) is 5.91 Å². The van der Waals surface area contributed by atoms with Crippen molar-refractivity contribution in [2.24, 2.45) is 5.92 Å². The molecule has 1 N–H and O–H groups in total. The van der Waals surface area contributed by atoms with E-state index in [0.717, 1.165) is 44.9 Å². The van der Waals surface area contributed by atoms with Crippen molar-refractivity contribution in [3.8, 4) is 5.75 Å². The van der Waals surface area contributed by atoms with Crippen molar-refractivity contribution in [2.75, 3.05) is 40.3 Å². The highest BCUT2D eigenvalue weighted by Crippen LogP contribution is 2.26. The van der Waals surface area contributed by atoms with Gasteiger partial charge in [-0.2, -0.15) is 0 Å². The number of likely N-dealkylation sites (tertiary alicyclic amines) is 1. The molecule has 0 spiro atoms. The van der Waals surface area contributed by atoms with Crippen molar-refractivity contribution in [1.82, 2.24) is 15.1 Å². The first-order valence-corrected chi connectivity index (χ1v) is 11.5. The number of nitrogens with zero attached hydrogens (tertiary/aromatic N) is 2. The van der Waals surface area contributed by atoms with Gasteiger partial charge in [-0.05, 0) is 95.7 Å². The Kier molecular flexibility index (Phi) is 8.81. The molecule has 1 aliphatic heterocycles. The van der Waals surface area contributed by atoms with Crippen LogP contribution in [0.1, 0.15) is 56.9 Å². The summed E-state index contributed by atoms with van der Waals surface area (Å²) in [7, 11) is 4.05. The summed E-state index contributed by atoms with van der Waals surface area (Å²) in [5.41, 5.74) is 1.35. The smallest absolute Gasteiger partial charge is 0.220 e. The predicted molar refractivity (Wildman–Crippen MR) is 118 cm³/mol. The molecule has 1 saturated heterocycles. The van der Waals surface area contributed by atoms with E-state index >= 15 is 0 Å². The minimum Gasteiger partial charge on any atom is -0.490 e. The fraction of sp³-hybridized carbons (Fsp3) is 0.708. The lowest BCUT2D eigenvalue weighted by atomic mass is 9.92. The third-order valence-corrected chi connectivity index (χ3v) is 6.28. The number of amides is 1. The number of hydrogen-bond donors (Lipinski definition) is 1. The van der Waals surface area contributed by atoms with Crippen LogP contribution in [0.3, 0.4) is 0 Å². The van der Waals surface area contributed by atoms with Crippen LogP contribution in [0.4, 0.5) is 0 Å². The summed E-state index contributed by atoms with van der Waals surface area (Å²) in [5, 5.41) is 3.02. The van der Waals surface area contributed by atoms with E-state index in [1.807, 2.05) is 14.1 Å². The third kappa shape index (κ3) is 7.98. The summed E-state index contributed by atoms with van der Waals surface area (Å²) in [5.74, 6) is 1.92. The van der Waals surface area contributed by atoms with Crippen molar-refractivity contribution in [1.29, 1.82) is 0 Å². The highest BCUT2D eigenvalue weighted by Gasteiger charge is 2.20. The van der Waals surface area contributed by atoms with Gasteiger partial charge < -0.3 is 15.0 Å². The van der Waals surface area contributed by atoms with Crippen LogP contribution in [0.2, 0.25) is 0 Å². The Balaban J connectivity index is 1.34. The van der Waals surface area contributed by atoms with Crippen molar-refractivity contribution >= 4 is 5.91 Å². The summed E-state index contributed by atoms with van der Waals surface area (Å²) >= 11 is 0. The van der Waals surface area contributed by atoms with E-state index in [-0.39, 0.29) is 5.91 Å². The fourth-order valence-corrected chi connectivity index (χ4v) is 4.45. The Labute approximate surface area is 176 Å². The lowest BCUT2D eigenvalue weighted by molar-refractivity contribution is -0.121. The molecular formula is C24H39N3O2. The average molecular weight is 402 g/mol. The zero-order chi connectivity index (χ0) is 20.5. The number of carbonyl (C=O) groups is 1. The second-order valence-corrected chi connectivity index (χ2v) is 9.08. The van der Waals surface area contributed by atoms with Gasteiger partial charge in [0.1, 0.15) is 5.75 Å². The summed E-state index contributed by atoms with van der Waals surface area (Å²) in [4.78, 5) is 16.6. The second kappa shape index (κ2) is 11.6. The monoisotopic (exact) mass is 401 g/mol. The van der Waals surface area contributed by atoms with E-state index < -0.39 is 0 Å². The zero-order valence-electron chi connectivity index (χ0n) is 18.4. The molecule has 0 atom stereocenters. The normalized spacial score (nSPS) is 19.0. The molecule has 5 nitrogen and oxygen atoms in total. The van der Waals surface area contributed by atoms with Crippen LogP contribution in [0.25, 0.3) is 0 Å². The molecule has 1 aliphatic carbocycles. The first kappa shape index (κ1) is 22.1. The molecule has 1 aromatic carbocycles. The Hall–Kier alpha value is -1.59. The lowest BCUT2D eigenvalue weighted by Gasteiger charge is -2.32. The Morgan fingerprint density at radius 1 is 1.17 bits per heavy atom. The van der Waals surface area contributed by atoms with E-state index in [0.29, 0.717) is 18.4 Å². The standard InChI is InChI=1S/C24H39N3O2/c1-26(2)17-14-25-24(28)11-10-20-12-15-27(16-13-20)19-21-6-5-9-23(18-21)29-22-7-3-4-8-22/h5-6,9,18,20,22H,3-4,7-8,10-17,19H2,1-2H3,(H,25,28). The number of carbonyl (C=O) groups excluding carboxylic acids is 1. The molecule has 0 radical (unpaired) electrons. The van der Waals surface area contributed by atoms with Gasteiger partial charge >= 0.3 is 0 Å². The van der Waals surface area contributed by atoms with Gasteiger partial charge in [-0.15, -0.1) is 0 Å². The molecule has 5 heteroatoms. The molecule has 29 heavy (non-hydrogen) atoms. The van der Waals surface area contributed by atoms with Crippen LogP contribution in [0, 0.1) is 5.92 Å². The van der Waals surface area contributed by atoms with Crippen LogP contribution in [-0.4, -0.2) is 62.1 Å². The topological polar surface area (TPSA) is 44.8 Å².